The van der Waals surface area contributed by atoms with Gasteiger partial charge in [0, 0.05) is 21.8 Å². The first-order valence-electron chi connectivity index (χ1n) is 17.1. The summed E-state index contributed by atoms with van der Waals surface area (Å²) < 4.78 is 6.18. The molecular formula is C46H37NO. The van der Waals surface area contributed by atoms with E-state index in [9.17, 15) is 0 Å². The van der Waals surface area contributed by atoms with Crippen molar-refractivity contribution in [1.29, 1.82) is 0 Å². The minimum absolute atomic E-state index is 0.0926. The van der Waals surface area contributed by atoms with Crippen molar-refractivity contribution in [1.82, 2.24) is 4.98 Å². The fourth-order valence-corrected chi connectivity index (χ4v) is 9.13. The highest BCUT2D eigenvalue weighted by Crippen LogP contribution is 2.59. The van der Waals surface area contributed by atoms with E-state index >= 15 is 0 Å². The van der Waals surface area contributed by atoms with Crippen molar-refractivity contribution in [2.24, 2.45) is 0 Å². The lowest BCUT2D eigenvalue weighted by molar-refractivity contribution is 0.618. The molecule has 0 radical (unpaired) electrons. The summed E-state index contributed by atoms with van der Waals surface area (Å²) in [5.74, 6) is 0.677. The van der Waals surface area contributed by atoms with Gasteiger partial charge in [-0.1, -0.05) is 102 Å². The summed E-state index contributed by atoms with van der Waals surface area (Å²) in [4.78, 5) is 4.81. The van der Waals surface area contributed by atoms with Gasteiger partial charge in [0.25, 0.3) is 0 Å². The fourth-order valence-electron chi connectivity index (χ4n) is 9.13. The average molecular weight is 620 g/mol. The van der Waals surface area contributed by atoms with Crippen molar-refractivity contribution in [2.75, 3.05) is 0 Å². The maximum Gasteiger partial charge on any atom is 0.227 e. The van der Waals surface area contributed by atoms with E-state index < -0.39 is 0 Å². The molecule has 48 heavy (non-hydrogen) atoms. The number of nitrogens with zero attached hydrogens (tertiary/aromatic N) is 1. The number of rotatable bonds is 2. The summed E-state index contributed by atoms with van der Waals surface area (Å²) in [6.07, 6.45) is 0. The van der Waals surface area contributed by atoms with Gasteiger partial charge in [0.1, 0.15) is 5.52 Å². The number of benzene rings is 6. The average Bonchev–Trinajstić information content (AvgIpc) is 3.76. The van der Waals surface area contributed by atoms with E-state index in [4.69, 9.17) is 9.40 Å². The zero-order chi connectivity index (χ0) is 32.7. The van der Waals surface area contributed by atoms with Gasteiger partial charge in [-0.05, 0) is 132 Å². The van der Waals surface area contributed by atoms with Crippen LogP contribution in [0.4, 0.5) is 0 Å². The quantitative estimate of drug-likeness (QED) is 0.192. The van der Waals surface area contributed by atoms with Crippen LogP contribution < -0.4 is 0 Å². The predicted molar refractivity (Wildman–Crippen MR) is 198 cm³/mol. The van der Waals surface area contributed by atoms with Gasteiger partial charge in [-0.3, -0.25) is 0 Å². The van der Waals surface area contributed by atoms with E-state index in [1.165, 1.54) is 77.9 Å². The first-order chi connectivity index (χ1) is 23.0. The van der Waals surface area contributed by atoms with Crippen LogP contribution in [-0.4, -0.2) is 4.98 Å². The van der Waals surface area contributed by atoms with E-state index in [1.54, 1.807) is 0 Å². The lowest BCUT2D eigenvalue weighted by Gasteiger charge is -2.25. The van der Waals surface area contributed by atoms with Crippen LogP contribution in [0.3, 0.4) is 0 Å². The molecule has 0 aliphatic heterocycles. The number of oxazole rings is 1. The smallest absolute Gasteiger partial charge is 0.227 e. The van der Waals surface area contributed by atoms with Gasteiger partial charge >= 0.3 is 0 Å². The first kappa shape index (κ1) is 27.9. The number of para-hydroxylation sites is 2. The highest BCUT2D eigenvalue weighted by atomic mass is 16.3. The van der Waals surface area contributed by atoms with Crippen molar-refractivity contribution < 1.29 is 4.42 Å². The largest absolute Gasteiger partial charge is 0.436 e. The number of hydrogen-bond donors (Lipinski definition) is 0. The summed E-state index contributed by atoms with van der Waals surface area (Å²) in [5.41, 5.74) is 21.5. The second-order valence-corrected chi connectivity index (χ2v) is 15.6. The second-order valence-electron chi connectivity index (χ2n) is 15.6. The Balaban J connectivity index is 1.10. The molecule has 2 nitrogen and oxygen atoms in total. The third-order valence-electron chi connectivity index (χ3n) is 11.9. The van der Waals surface area contributed by atoms with Gasteiger partial charge in [-0.25, -0.2) is 4.98 Å². The molecule has 1 aromatic heterocycles. The summed E-state index contributed by atoms with van der Waals surface area (Å²) in [5, 5.41) is 0. The van der Waals surface area contributed by atoms with Crippen LogP contribution in [0.2, 0.25) is 0 Å². The van der Waals surface area contributed by atoms with Crippen LogP contribution in [0, 0.1) is 0 Å². The molecule has 1 heterocycles. The van der Waals surface area contributed by atoms with E-state index in [1.807, 2.05) is 24.3 Å². The summed E-state index contributed by atoms with van der Waals surface area (Å²) in [7, 11) is 0. The molecule has 6 aromatic carbocycles. The molecule has 7 aromatic rings. The zero-order valence-corrected chi connectivity index (χ0v) is 28.3. The Morgan fingerprint density at radius 2 is 0.833 bits per heavy atom. The molecule has 0 bridgehead atoms. The maximum absolute atomic E-state index is 6.18. The van der Waals surface area contributed by atoms with Crippen LogP contribution in [0.5, 0.6) is 0 Å². The number of aromatic nitrogens is 1. The van der Waals surface area contributed by atoms with Gasteiger partial charge in [0.15, 0.2) is 5.58 Å². The van der Waals surface area contributed by atoms with Crippen molar-refractivity contribution >= 4 is 11.1 Å². The Morgan fingerprint density at radius 1 is 0.396 bits per heavy atom. The van der Waals surface area contributed by atoms with Crippen molar-refractivity contribution in [2.45, 2.75) is 57.8 Å². The fraction of sp³-hybridized carbons (Fsp3) is 0.196. The SMILES string of the molecule is CC1(C)c2cc(-c3ccccc3)ccc2-c2cc3c(cc21)-c1cc2c(cc1C3(C)C)-c1ccc(-c3nc4ccccc4o3)cc1C2(C)C. The predicted octanol–water partition coefficient (Wildman–Crippen LogP) is 12.1. The molecule has 0 atom stereocenters. The topological polar surface area (TPSA) is 26.0 Å². The zero-order valence-electron chi connectivity index (χ0n) is 28.3. The standard InChI is InChI=1S/C46H37NO/c1-44(2)35-20-27(26-12-8-7-9-13-26)16-18-29(35)31-22-39-33(24-37(31)44)34-25-38-32(23-40(34)46(39,5)6)30-19-17-28(21-36(30)45(38,3)4)43-47-41-14-10-11-15-42(41)48-43/h7-25H,1-6H3. The molecule has 0 N–H and O–H groups in total. The lowest BCUT2D eigenvalue weighted by atomic mass is 9.78. The number of fused-ring (bicyclic) bond motifs is 10. The molecule has 0 saturated heterocycles. The molecule has 232 valence electrons. The molecule has 0 unspecified atom stereocenters. The Labute approximate surface area is 282 Å². The maximum atomic E-state index is 6.18. The minimum atomic E-state index is -0.158. The van der Waals surface area contributed by atoms with Gasteiger partial charge < -0.3 is 4.42 Å². The van der Waals surface area contributed by atoms with Crippen LogP contribution in [0.15, 0.2) is 120 Å². The van der Waals surface area contributed by atoms with Crippen molar-refractivity contribution in [3.8, 4) is 56.0 Å². The van der Waals surface area contributed by atoms with Crippen LogP contribution in [0.25, 0.3) is 67.1 Å². The van der Waals surface area contributed by atoms with E-state index in [-0.39, 0.29) is 16.2 Å². The van der Waals surface area contributed by atoms with Gasteiger partial charge in [-0.2, -0.15) is 0 Å². The molecule has 0 spiro atoms. The molecule has 2 heteroatoms. The molecule has 0 fully saturated rings. The molecule has 10 rings (SSSR count). The molecule has 3 aliphatic rings. The summed E-state index contributed by atoms with van der Waals surface area (Å²) in [6.45, 7) is 14.4. The van der Waals surface area contributed by atoms with E-state index in [0.29, 0.717) is 5.89 Å². The Morgan fingerprint density at radius 3 is 1.38 bits per heavy atom. The van der Waals surface area contributed by atoms with E-state index in [0.717, 1.165) is 16.7 Å². The number of hydrogen-bond acceptors (Lipinski definition) is 2. The second kappa shape index (κ2) is 9.02. The summed E-state index contributed by atoms with van der Waals surface area (Å²) >= 11 is 0. The van der Waals surface area contributed by atoms with Gasteiger partial charge in [-0.15, -0.1) is 0 Å². The van der Waals surface area contributed by atoms with Crippen LogP contribution in [0.1, 0.15) is 74.9 Å². The molecule has 0 saturated carbocycles. The Bertz CT molecular complexity index is 2490. The van der Waals surface area contributed by atoms with Crippen LogP contribution >= 0.6 is 0 Å². The first-order valence-corrected chi connectivity index (χ1v) is 17.1. The van der Waals surface area contributed by atoms with Crippen molar-refractivity contribution in [3.63, 3.8) is 0 Å². The van der Waals surface area contributed by atoms with E-state index in [2.05, 4.69) is 133 Å². The minimum Gasteiger partial charge on any atom is -0.436 e. The molecular weight excluding hydrogens is 583 g/mol. The van der Waals surface area contributed by atoms with Crippen LogP contribution in [-0.2, 0) is 16.2 Å². The monoisotopic (exact) mass is 619 g/mol. The third-order valence-corrected chi connectivity index (χ3v) is 11.9. The molecule has 3 aliphatic carbocycles. The highest BCUT2D eigenvalue weighted by Gasteiger charge is 2.44. The Kier molecular flexibility index (Phi) is 5.24. The van der Waals surface area contributed by atoms with Gasteiger partial charge in [0.2, 0.25) is 5.89 Å². The van der Waals surface area contributed by atoms with Crippen molar-refractivity contribution in [3.05, 3.63) is 149 Å². The third kappa shape index (κ3) is 3.50. The van der Waals surface area contributed by atoms with Gasteiger partial charge in [0.05, 0.1) is 0 Å². The summed E-state index contributed by atoms with van der Waals surface area (Å²) in [6, 6.07) is 42.7. The lowest BCUT2D eigenvalue weighted by Crippen LogP contribution is -2.17. The Hall–Kier alpha value is -5.21. The molecule has 0 amide bonds. The normalized spacial score (nSPS) is 16.6. The highest BCUT2D eigenvalue weighted by molar-refractivity contribution is 5.94.